The van der Waals surface area contributed by atoms with Gasteiger partial charge in [0.25, 0.3) is 0 Å². The highest BCUT2D eigenvalue weighted by Crippen LogP contribution is 2.36. The standard InChI is InChI=1S/C15H12ClF2N3O2S/c1-24(22,23)15(9-19-5-4-13(15)16)21-7-6-20-14(21)10-2-3-11(17)12(18)8-10/h2-9,13H,1H3. The molecule has 2 atom stereocenters. The van der Waals surface area contributed by atoms with E-state index in [-0.39, 0.29) is 11.4 Å². The Morgan fingerprint density at radius 3 is 2.67 bits per heavy atom. The molecule has 9 heteroatoms. The lowest BCUT2D eigenvalue weighted by atomic mass is 10.1. The highest BCUT2D eigenvalue weighted by Gasteiger charge is 2.49. The van der Waals surface area contributed by atoms with Crippen LogP contribution < -0.4 is 0 Å². The van der Waals surface area contributed by atoms with Crippen molar-refractivity contribution in [1.82, 2.24) is 9.55 Å². The Labute approximate surface area is 142 Å². The predicted molar refractivity (Wildman–Crippen MR) is 87.7 cm³/mol. The van der Waals surface area contributed by atoms with Crippen LogP contribution in [0.2, 0.25) is 0 Å². The fourth-order valence-corrected chi connectivity index (χ4v) is 4.55. The minimum atomic E-state index is -3.79. The molecule has 1 aromatic carbocycles. The van der Waals surface area contributed by atoms with Gasteiger partial charge in [-0.2, -0.15) is 0 Å². The molecule has 0 bridgehead atoms. The Morgan fingerprint density at radius 1 is 1.29 bits per heavy atom. The summed E-state index contributed by atoms with van der Waals surface area (Å²) in [6.45, 7) is 0. The number of halogens is 3. The largest absolute Gasteiger partial charge is 0.305 e. The van der Waals surface area contributed by atoms with Crippen molar-refractivity contribution in [1.29, 1.82) is 0 Å². The number of rotatable bonds is 3. The number of allylic oxidation sites excluding steroid dienone is 1. The molecule has 0 saturated heterocycles. The molecule has 0 saturated carbocycles. The zero-order chi connectivity index (χ0) is 17.5. The quantitative estimate of drug-likeness (QED) is 0.779. The summed E-state index contributed by atoms with van der Waals surface area (Å²) >= 11 is 6.29. The first-order chi connectivity index (χ1) is 11.3. The third-order valence-electron chi connectivity index (χ3n) is 3.78. The van der Waals surface area contributed by atoms with Gasteiger partial charge in [0.1, 0.15) is 5.82 Å². The van der Waals surface area contributed by atoms with Crippen LogP contribution in [-0.4, -0.2) is 35.8 Å². The van der Waals surface area contributed by atoms with Gasteiger partial charge in [-0.1, -0.05) is 0 Å². The second kappa shape index (κ2) is 5.78. The van der Waals surface area contributed by atoms with Crippen LogP contribution in [0.3, 0.4) is 0 Å². The predicted octanol–water partition coefficient (Wildman–Crippen LogP) is 2.73. The van der Waals surface area contributed by atoms with Gasteiger partial charge in [0.15, 0.2) is 21.5 Å². The van der Waals surface area contributed by atoms with Crippen LogP contribution in [0, 0.1) is 11.6 Å². The van der Waals surface area contributed by atoms with Crippen molar-refractivity contribution in [3.8, 4) is 11.4 Å². The van der Waals surface area contributed by atoms with Crippen LogP contribution in [0.15, 0.2) is 47.9 Å². The molecule has 5 nitrogen and oxygen atoms in total. The van der Waals surface area contributed by atoms with Crippen LogP contribution in [0.25, 0.3) is 11.4 Å². The minimum absolute atomic E-state index is 0.131. The molecule has 126 valence electrons. The Morgan fingerprint density at radius 2 is 2.04 bits per heavy atom. The van der Waals surface area contributed by atoms with Crippen molar-refractivity contribution in [2.45, 2.75) is 10.2 Å². The van der Waals surface area contributed by atoms with Crippen LogP contribution in [0.5, 0.6) is 0 Å². The molecule has 2 aromatic rings. The first-order valence-corrected chi connectivity index (χ1v) is 9.14. The number of aliphatic imine (C=N–C) groups is 1. The lowest BCUT2D eigenvalue weighted by Gasteiger charge is -2.35. The average Bonchev–Trinajstić information content (AvgIpc) is 2.99. The molecule has 2 unspecified atom stereocenters. The third-order valence-corrected chi connectivity index (χ3v) is 6.14. The van der Waals surface area contributed by atoms with Gasteiger partial charge in [-0.25, -0.2) is 22.2 Å². The van der Waals surface area contributed by atoms with Crippen molar-refractivity contribution in [3.05, 3.63) is 54.5 Å². The Kier molecular flexibility index (Phi) is 4.05. The molecule has 0 aliphatic carbocycles. The summed E-state index contributed by atoms with van der Waals surface area (Å²) in [6, 6.07) is 3.21. The van der Waals surface area contributed by atoms with Gasteiger partial charge in [-0.15, -0.1) is 11.6 Å². The summed E-state index contributed by atoms with van der Waals surface area (Å²) < 4.78 is 53.1. The van der Waals surface area contributed by atoms with E-state index in [2.05, 4.69) is 9.98 Å². The molecular formula is C15H12ClF2N3O2S. The first-order valence-electron chi connectivity index (χ1n) is 6.81. The molecule has 0 N–H and O–H groups in total. The van der Waals surface area contributed by atoms with Gasteiger partial charge in [-0.3, -0.25) is 4.99 Å². The van der Waals surface area contributed by atoms with Gasteiger partial charge in [-0.05, 0) is 24.3 Å². The van der Waals surface area contributed by atoms with E-state index in [0.717, 1.165) is 18.4 Å². The molecule has 0 spiro atoms. The van der Waals surface area contributed by atoms with Gasteiger partial charge in [0, 0.05) is 36.6 Å². The van der Waals surface area contributed by atoms with Crippen molar-refractivity contribution in [2.24, 2.45) is 4.99 Å². The lowest BCUT2D eigenvalue weighted by molar-refractivity contribution is 0.506. The Hall–Kier alpha value is -2.06. The molecule has 0 radical (unpaired) electrons. The topological polar surface area (TPSA) is 64.3 Å². The van der Waals surface area contributed by atoms with E-state index in [0.29, 0.717) is 0 Å². The van der Waals surface area contributed by atoms with Crippen LogP contribution in [0.4, 0.5) is 8.78 Å². The molecule has 24 heavy (non-hydrogen) atoms. The van der Waals surface area contributed by atoms with Crippen molar-refractivity contribution >= 4 is 27.7 Å². The van der Waals surface area contributed by atoms with E-state index < -0.39 is 31.7 Å². The Bertz CT molecular complexity index is 955. The summed E-state index contributed by atoms with van der Waals surface area (Å²) in [7, 11) is -3.79. The maximum Gasteiger partial charge on any atom is 0.203 e. The number of alkyl halides is 1. The summed E-state index contributed by atoms with van der Waals surface area (Å²) in [6.07, 6.45) is 7.86. The SMILES string of the molecule is CS(=O)(=O)C1(n2ccnc2-c2ccc(F)c(F)c2)C=NC=CC1Cl. The average molecular weight is 372 g/mol. The van der Waals surface area contributed by atoms with E-state index in [9.17, 15) is 17.2 Å². The zero-order valence-corrected chi connectivity index (χ0v) is 14.0. The molecule has 0 fully saturated rings. The van der Waals surface area contributed by atoms with Gasteiger partial charge in [0.2, 0.25) is 4.87 Å². The molecule has 2 heterocycles. The smallest absolute Gasteiger partial charge is 0.203 e. The van der Waals surface area contributed by atoms with Gasteiger partial charge < -0.3 is 4.57 Å². The molecule has 1 aliphatic rings. The number of hydrogen-bond donors (Lipinski definition) is 0. The fraction of sp³-hybridized carbons (Fsp3) is 0.200. The van der Waals surface area contributed by atoms with Crippen LogP contribution in [0.1, 0.15) is 0 Å². The molecule has 0 amide bonds. The monoisotopic (exact) mass is 371 g/mol. The van der Waals surface area contributed by atoms with E-state index >= 15 is 0 Å². The maximum atomic E-state index is 13.6. The van der Waals surface area contributed by atoms with Crippen molar-refractivity contribution in [3.63, 3.8) is 0 Å². The summed E-state index contributed by atoms with van der Waals surface area (Å²) in [5, 5.41) is -0.955. The summed E-state index contributed by atoms with van der Waals surface area (Å²) in [5.74, 6) is -1.94. The highest BCUT2D eigenvalue weighted by molar-refractivity contribution is 7.92. The highest BCUT2D eigenvalue weighted by atomic mass is 35.5. The van der Waals surface area contributed by atoms with Crippen molar-refractivity contribution < 1.29 is 17.2 Å². The van der Waals surface area contributed by atoms with E-state index in [1.54, 1.807) is 0 Å². The second-order valence-corrected chi connectivity index (χ2v) is 7.96. The summed E-state index contributed by atoms with van der Waals surface area (Å²) in [5.41, 5.74) is 0.216. The number of imidazole rings is 1. The Balaban J connectivity index is 2.26. The number of aromatic nitrogens is 2. The number of nitrogens with zero attached hydrogens (tertiary/aromatic N) is 3. The number of sulfone groups is 1. The van der Waals surface area contributed by atoms with E-state index in [1.165, 1.54) is 41.5 Å². The fourth-order valence-electron chi connectivity index (χ4n) is 2.59. The minimum Gasteiger partial charge on any atom is -0.305 e. The van der Waals surface area contributed by atoms with Crippen LogP contribution in [-0.2, 0) is 14.7 Å². The second-order valence-electron chi connectivity index (χ2n) is 5.30. The third kappa shape index (κ3) is 2.46. The van der Waals surface area contributed by atoms with E-state index in [4.69, 9.17) is 11.6 Å². The lowest BCUT2D eigenvalue weighted by Crippen LogP contribution is -2.50. The first kappa shape index (κ1) is 16.8. The normalized spacial score (nSPS) is 23.6. The molecule has 3 rings (SSSR count). The number of hydrogen-bond acceptors (Lipinski definition) is 4. The van der Waals surface area contributed by atoms with Gasteiger partial charge >= 0.3 is 0 Å². The molecule has 1 aromatic heterocycles. The maximum absolute atomic E-state index is 13.6. The molecule has 1 aliphatic heterocycles. The van der Waals surface area contributed by atoms with Crippen molar-refractivity contribution in [2.75, 3.05) is 6.26 Å². The van der Waals surface area contributed by atoms with Crippen LogP contribution >= 0.6 is 11.6 Å². The van der Waals surface area contributed by atoms with E-state index in [1.807, 2.05) is 0 Å². The summed E-state index contributed by atoms with van der Waals surface area (Å²) in [4.78, 5) is 6.29. The van der Waals surface area contributed by atoms with Gasteiger partial charge in [0.05, 0.1) is 5.38 Å². The zero-order valence-electron chi connectivity index (χ0n) is 12.4. The molecular weight excluding hydrogens is 360 g/mol. The number of benzene rings is 1.